The van der Waals surface area contributed by atoms with Crippen LogP contribution in [0.1, 0.15) is 36.8 Å². The maximum absolute atomic E-state index is 13.6. The lowest BCUT2D eigenvalue weighted by molar-refractivity contribution is 0.460. The monoisotopic (exact) mass is 273 g/mol. The molecule has 1 aromatic heterocycles. The second kappa shape index (κ2) is 6.57. The molecule has 0 aliphatic carbocycles. The summed E-state index contributed by atoms with van der Waals surface area (Å²) in [5.74, 6) is -0.149. The second-order valence-electron chi connectivity index (χ2n) is 5.11. The summed E-state index contributed by atoms with van der Waals surface area (Å²) < 4.78 is 13.6. The van der Waals surface area contributed by atoms with E-state index in [1.54, 1.807) is 18.5 Å². The van der Waals surface area contributed by atoms with Crippen molar-refractivity contribution in [1.29, 1.82) is 0 Å². The van der Waals surface area contributed by atoms with Gasteiger partial charge in [0.25, 0.3) is 0 Å². The Morgan fingerprint density at radius 1 is 1.15 bits per heavy atom. The predicted octanol–water partition coefficient (Wildman–Crippen LogP) is 3.21. The van der Waals surface area contributed by atoms with Gasteiger partial charge in [-0.05, 0) is 38.8 Å². The maximum atomic E-state index is 13.6. The Balaban J connectivity index is 2.00. The van der Waals surface area contributed by atoms with Crippen LogP contribution in [0.5, 0.6) is 0 Å². The third kappa shape index (κ3) is 3.61. The minimum absolute atomic E-state index is 0.0884. The van der Waals surface area contributed by atoms with Gasteiger partial charge in [0.2, 0.25) is 0 Å². The van der Waals surface area contributed by atoms with Crippen molar-refractivity contribution >= 4 is 0 Å². The molecule has 3 nitrogen and oxygen atoms in total. The highest BCUT2D eigenvalue weighted by molar-refractivity contribution is 5.19. The first-order chi connectivity index (χ1) is 9.58. The Kier molecular flexibility index (Phi) is 4.79. The largest absolute Gasteiger partial charge is 0.306 e. The minimum atomic E-state index is -0.149. The van der Waals surface area contributed by atoms with E-state index in [1.807, 2.05) is 19.1 Å². The van der Waals surface area contributed by atoms with Gasteiger partial charge in [0.05, 0.1) is 11.4 Å². The quantitative estimate of drug-likeness (QED) is 0.909. The zero-order chi connectivity index (χ0) is 14.5. The molecule has 4 heteroatoms. The van der Waals surface area contributed by atoms with E-state index in [9.17, 15) is 4.39 Å². The smallest absolute Gasteiger partial charge is 0.126 e. The first-order valence-electron chi connectivity index (χ1n) is 6.85. The van der Waals surface area contributed by atoms with Crippen LogP contribution in [0.2, 0.25) is 0 Å². The number of hydrogen-bond donors (Lipinski definition) is 1. The van der Waals surface area contributed by atoms with E-state index in [1.165, 1.54) is 6.07 Å². The van der Waals surface area contributed by atoms with Crippen molar-refractivity contribution in [2.75, 3.05) is 0 Å². The molecule has 106 valence electrons. The van der Waals surface area contributed by atoms with Crippen molar-refractivity contribution in [3.63, 3.8) is 0 Å². The molecule has 0 spiro atoms. The van der Waals surface area contributed by atoms with Crippen LogP contribution in [0.15, 0.2) is 36.7 Å². The van der Waals surface area contributed by atoms with Crippen LogP contribution in [0.4, 0.5) is 4.39 Å². The van der Waals surface area contributed by atoms with Gasteiger partial charge in [-0.2, -0.15) is 0 Å². The molecule has 0 aliphatic heterocycles. The summed E-state index contributed by atoms with van der Waals surface area (Å²) in [6, 6.07) is 7.14. The number of aromatic nitrogens is 2. The highest BCUT2D eigenvalue weighted by atomic mass is 19.1. The van der Waals surface area contributed by atoms with Gasteiger partial charge in [-0.15, -0.1) is 0 Å². The van der Waals surface area contributed by atoms with Gasteiger partial charge in [-0.25, -0.2) is 4.39 Å². The Hall–Kier alpha value is -1.81. The lowest BCUT2D eigenvalue weighted by Gasteiger charge is -2.20. The highest BCUT2D eigenvalue weighted by Crippen LogP contribution is 2.15. The van der Waals surface area contributed by atoms with E-state index in [2.05, 4.69) is 29.1 Å². The fourth-order valence-electron chi connectivity index (χ4n) is 2.40. The average Bonchev–Trinajstić information content (AvgIpc) is 2.41. The molecule has 0 saturated heterocycles. The summed E-state index contributed by atoms with van der Waals surface area (Å²) in [5.41, 5.74) is 2.59. The van der Waals surface area contributed by atoms with Crippen molar-refractivity contribution in [3.8, 4) is 0 Å². The number of rotatable bonds is 5. The molecule has 1 aromatic carbocycles. The fourth-order valence-corrected chi connectivity index (χ4v) is 2.40. The van der Waals surface area contributed by atoms with E-state index >= 15 is 0 Å². The van der Waals surface area contributed by atoms with Gasteiger partial charge in [-0.3, -0.25) is 9.97 Å². The Labute approximate surface area is 119 Å². The Morgan fingerprint density at radius 3 is 2.55 bits per heavy atom. The molecular formula is C16H20FN3. The summed E-state index contributed by atoms with van der Waals surface area (Å²) in [6.07, 6.45) is 4.03. The normalized spacial score (nSPS) is 14.0. The summed E-state index contributed by atoms with van der Waals surface area (Å²) in [4.78, 5) is 8.60. The van der Waals surface area contributed by atoms with Crippen molar-refractivity contribution < 1.29 is 4.39 Å². The Bertz CT molecular complexity index is 571. The van der Waals surface area contributed by atoms with Crippen LogP contribution in [0.25, 0.3) is 0 Å². The number of nitrogens with one attached hydrogen (secondary N) is 1. The van der Waals surface area contributed by atoms with Gasteiger partial charge < -0.3 is 5.32 Å². The van der Waals surface area contributed by atoms with E-state index < -0.39 is 0 Å². The van der Waals surface area contributed by atoms with E-state index in [4.69, 9.17) is 0 Å². The standard InChI is InChI=1S/C16H20FN3/c1-11(10-14-6-4-5-7-15(14)17)20-13(3)16-12(2)18-8-9-19-16/h4-9,11,13,20H,10H2,1-3H3. The molecule has 0 bridgehead atoms. The molecule has 0 fully saturated rings. The topological polar surface area (TPSA) is 37.8 Å². The highest BCUT2D eigenvalue weighted by Gasteiger charge is 2.14. The van der Waals surface area contributed by atoms with Crippen LogP contribution >= 0.6 is 0 Å². The number of hydrogen-bond acceptors (Lipinski definition) is 3. The molecule has 1 heterocycles. The van der Waals surface area contributed by atoms with Crippen LogP contribution in [0, 0.1) is 12.7 Å². The van der Waals surface area contributed by atoms with Gasteiger partial charge >= 0.3 is 0 Å². The molecule has 0 amide bonds. The number of aryl methyl sites for hydroxylation is 1. The number of nitrogens with zero attached hydrogens (tertiary/aromatic N) is 2. The predicted molar refractivity (Wildman–Crippen MR) is 77.9 cm³/mol. The third-order valence-corrected chi connectivity index (χ3v) is 3.35. The molecule has 1 N–H and O–H groups in total. The number of halogens is 1. The zero-order valence-electron chi connectivity index (χ0n) is 12.1. The summed E-state index contributed by atoms with van der Waals surface area (Å²) in [6.45, 7) is 6.05. The zero-order valence-corrected chi connectivity index (χ0v) is 12.1. The molecule has 2 rings (SSSR count). The SMILES string of the molecule is Cc1nccnc1C(C)NC(C)Cc1ccccc1F. The summed E-state index contributed by atoms with van der Waals surface area (Å²) >= 11 is 0. The second-order valence-corrected chi connectivity index (χ2v) is 5.11. The molecule has 2 atom stereocenters. The minimum Gasteiger partial charge on any atom is -0.306 e. The van der Waals surface area contributed by atoms with E-state index in [0.29, 0.717) is 6.42 Å². The van der Waals surface area contributed by atoms with Gasteiger partial charge in [0.1, 0.15) is 5.82 Å². The average molecular weight is 273 g/mol. The molecule has 20 heavy (non-hydrogen) atoms. The molecule has 0 radical (unpaired) electrons. The van der Waals surface area contributed by atoms with Gasteiger partial charge in [0, 0.05) is 24.5 Å². The maximum Gasteiger partial charge on any atom is 0.126 e. The van der Waals surface area contributed by atoms with Crippen molar-refractivity contribution in [3.05, 3.63) is 59.4 Å². The molecule has 0 saturated carbocycles. The third-order valence-electron chi connectivity index (χ3n) is 3.35. The van der Waals surface area contributed by atoms with E-state index in [0.717, 1.165) is 17.0 Å². The van der Waals surface area contributed by atoms with Crippen LogP contribution in [-0.2, 0) is 6.42 Å². The molecule has 0 aliphatic rings. The molecule has 2 unspecified atom stereocenters. The van der Waals surface area contributed by atoms with Crippen molar-refractivity contribution in [2.24, 2.45) is 0 Å². The first-order valence-corrected chi connectivity index (χ1v) is 6.85. The van der Waals surface area contributed by atoms with Gasteiger partial charge in [-0.1, -0.05) is 18.2 Å². The van der Waals surface area contributed by atoms with Gasteiger partial charge in [0.15, 0.2) is 0 Å². The van der Waals surface area contributed by atoms with Crippen LogP contribution in [0.3, 0.4) is 0 Å². The fraction of sp³-hybridized carbons (Fsp3) is 0.375. The van der Waals surface area contributed by atoms with E-state index in [-0.39, 0.29) is 17.9 Å². The van der Waals surface area contributed by atoms with Crippen molar-refractivity contribution in [1.82, 2.24) is 15.3 Å². The molecular weight excluding hydrogens is 253 g/mol. The summed E-state index contributed by atoms with van der Waals surface area (Å²) in [5, 5.41) is 3.44. The summed E-state index contributed by atoms with van der Waals surface area (Å²) in [7, 11) is 0. The first kappa shape index (κ1) is 14.6. The van der Waals surface area contributed by atoms with Crippen molar-refractivity contribution in [2.45, 2.75) is 39.3 Å². The molecule has 2 aromatic rings. The lowest BCUT2D eigenvalue weighted by Crippen LogP contribution is -2.32. The Morgan fingerprint density at radius 2 is 1.85 bits per heavy atom. The van der Waals surface area contributed by atoms with Crippen LogP contribution in [-0.4, -0.2) is 16.0 Å². The van der Waals surface area contributed by atoms with Crippen LogP contribution < -0.4 is 5.32 Å². The number of benzene rings is 1. The lowest BCUT2D eigenvalue weighted by atomic mass is 10.0.